The molecule has 1 fully saturated rings. The van der Waals surface area contributed by atoms with Crippen molar-refractivity contribution in [2.24, 2.45) is 5.92 Å². The minimum Gasteiger partial charge on any atom is -0.368 e. The number of nitrogens with zero attached hydrogens (tertiary/aromatic N) is 6. The van der Waals surface area contributed by atoms with Gasteiger partial charge in [0, 0.05) is 51.3 Å². The van der Waals surface area contributed by atoms with E-state index in [-0.39, 0.29) is 11.5 Å². The Morgan fingerprint density at radius 2 is 1.73 bits per heavy atom. The van der Waals surface area contributed by atoms with Crippen LogP contribution >= 0.6 is 0 Å². The van der Waals surface area contributed by atoms with Gasteiger partial charge in [-0.2, -0.15) is 0 Å². The number of amides is 1. The van der Waals surface area contributed by atoms with Crippen LogP contribution in [0, 0.1) is 19.8 Å². The molecule has 1 saturated heterocycles. The summed E-state index contributed by atoms with van der Waals surface area (Å²) in [6, 6.07) is 14.0. The molecule has 0 unspecified atom stereocenters. The van der Waals surface area contributed by atoms with Gasteiger partial charge in [-0.1, -0.05) is 38.1 Å². The first-order valence-electron chi connectivity index (χ1n) is 13.3. The van der Waals surface area contributed by atoms with Gasteiger partial charge in [0.05, 0.1) is 10.9 Å². The van der Waals surface area contributed by atoms with E-state index < -0.39 is 0 Å². The lowest BCUT2D eigenvalue weighted by Gasteiger charge is -2.37. The topological polar surface area (TPSA) is 75.7 Å². The highest BCUT2D eigenvalue weighted by molar-refractivity contribution is 5.80. The van der Waals surface area contributed by atoms with Crippen molar-refractivity contribution in [3.63, 3.8) is 0 Å². The Bertz CT molecular complexity index is 1490. The van der Waals surface area contributed by atoms with Crippen molar-refractivity contribution < 1.29 is 4.79 Å². The van der Waals surface area contributed by atoms with Crippen molar-refractivity contribution in [1.82, 2.24) is 24.1 Å². The number of aromatic nitrogens is 4. The second-order valence-corrected chi connectivity index (χ2v) is 10.5. The van der Waals surface area contributed by atoms with Gasteiger partial charge in [-0.3, -0.25) is 18.6 Å². The van der Waals surface area contributed by atoms with Gasteiger partial charge in [-0.05, 0) is 55.5 Å². The molecule has 4 aromatic rings. The van der Waals surface area contributed by atoms with Crippen LogP contribution in [0.1, 0.15) is 43.6 Å². The number of hydrogen-bond acceptors (Lipinski definition) is 5. The summed E-state index contributed by atoms with van der Waals surface area (Å²) in [5.74, 6) is 1.87. The van der Waals surface area contributed by atoms with Crippen LogP contribution in [-0.2, 0) is 17.8 Å². The van der Waals surface area contributed by atoms with Crippen molar-refractivity contribution in [2.75, 3.05) is 31.1 Å². The minimum atomic E-state index is -0.0412. The molecular formula is C29H36N6O2. The fraction of sp³-hybridized carbons (Fsp3) is 0.448. The van der Waals surface area contributed by atoms with E-state index in [1.807, 2.05) is 33.6 Å². The largest absolute Gasteiger partial charge is 0.368 e. The van der Waals surface area contributed by atoms with E-state index in [0.717, 1.165) is 25.0 Å². The summed E-state index contributed by atoms with van der Waals surface area (Å²) in [6.45, 7) is 12.3. The summed E-state index contributed by atoms with van der Waals surface area (Å²) in [6.07, 6.45) is 1.72. The van der Waals surface area contributed by atoms with Crippen LogP contribution < -0.4 is 10.5 Å². The zero-order valence-corrected chi connectivity index (χ0v) is 22.3. The third-order valence-electron chi connectivity index (χ3n) is 7.62. The monoisotopic (exact) mass is 500 g/mol. The Morgan fingerprint density at radius 1 is 0.973 bits per heavy atom. The molecule has 1 aliphatic heterocycles. The molecule has 0 aliphatic carbocycles. The second-order valence-electron chi connectivity index (χ2n) is 10.5. The highest BCUT2D eigenvalue weighted by Crippen LogP contribution is 2.24. The molecule has 0 radical (unpaired) electrons. The van der Waals surface area contributed by atoms with Crippen LogP contribution in [0.2, 0.25) is 0 Å². The molecule has 0 saturated carbocycles. The maximum atomic E-state index is 13.2. The number of rotatable bonds is 7. The van der Waals surface area contributed by atoms with E-state index in [2.05, 4.69) is 61.0 Å². The van der Waals surface area contributed by atoms with Crippen LogP contribution in [-0.4, -0.2) is 56.2 Å². The predicted molar refractivity (Wildman–Crippen MR) is 147 cm³/mol. The van der Waals surface area contributed by atoms with E-state index in [1.165, 1.54) is 16.8 Å². The molecule has 2 aromatic heterocycles. The molecule has 0 spiro atoms. The fourth-order valence-corrected chi connectivity index (χ4v) is 5.22. The van der Waals surface area contributed by atoms with Crippen LogP contribution in [0.5, 0.6) is 0 Å². The summed E-state index contributed by atoms with van der Waals surface area (Å²) in [7, 11) is 0. The maximum Gasteiger partial charge on any atom is 0.262 e. The lowest BCUT2D eigenvalue weighted by atomic mass is 10.1. The van der Waals surface area contributed by atoms with Crippen molar-refractivity contribution in [2.45, 2.75) is 53.5 Å². The third kappa shape index (κ3) is 4.84. The number of para-hydroxylation sites is 1. The maximum absolute atomic E-state index is 13.2. The van der Waals surface area contributed by atoms with Crippen molar-refractivity contribution in [3.05, 3.63) is 69.8 Å². The highest BCUT2D eigenvalue weighted by atomic mass is 16.2. The number of carbonyl (C=O) groups is 1. The summed E-state index contributed by atoms with van der Waals surface area (Å²) in [5, 5.41) is 9.48. The van der Waals surface area contributed by atoms with E-state index in [0.29, 0.717) is 55.4 Å². The summed E-state index contributed by atoms with van der Waals surface area (Å²) in [4.78, 5) is 30.7. The van der Waals surface area contributed by atoms with Crippen molar-refractivity contribution in [3.8, 4) is 0 Å². The van der Waals surface area contributed by atoms with E-state index in [4.69, 9.17) is 0 Å². The molecule has 0 N–H and O–H groups in total. The average molecular weight is 501 g/mol. The molecule has 2 aromatic carbocycles. The van der Waals surface area contributed by atoms with Crippen LogP contribution in [0.25, 0.3) is 16.7 Å². The molecule has 3 heterocycles. The lowest BCUT2D eigenvalue weighted by Crippen LogP contribution is -2.49. The number of fused-ring (bicyclic) bond motifs is 3. The van der Waals surface area contributed by atoms with Gasteiger partial charge < -0.3 is 9.80 Å². The normalized spacial score (nSPS) is 14.3. The molecule has 1 aliphatic rings. The number of carbonyl (C=O) groups excluding carboxylic acids is 1. The molecule has 37 heavy (non-hydrogen) atoms. The van der Waals surface area contributed by atoms with E-state index in [1.54, 1.807) is 4.57 Å². The minimum absolute atomic E-state index is 0.0412. The van der Waals surface area contributed by atoms with Crippen LogP contribution in [0.15, 0.2) is 47.3 Å². The second kappa shape index (κ2) is 10.4. The van der Waals surface area contributed by atoms with Gasteiger partial charge in [0.1, 0.15) is 5.82 Å². The van der Waals surface area contributed by atoms with E-state index >= 15 is 0 Å². The Balaban J connectivity index is 1.32. The third-order valence-corrected chi connectivity index (χ3v) is 7.62. The summed E-state index contributed by atoms with van der Waals surface area (Å²) < 4.78 is 3.69. The van der Waals surface area contributed by atoms with E-state index in [9.17, 15) is 9.59 Å². The molecular weight excluding hydrogens is 464 g/mol. The predicted octanol–water partition coefficient (Wildman–Crippen LogP) is 3.99. The van der Waals surface area contributed by atoms with Gasteiger partial charge in [0.2, 0.25) is 11.7 Å². The first kappa shape index (κ1) is 25.0. The van der Waals surface area contributed by atoms with Gasteiger partial charge in [0.25, 0.3) is 5.56 Å². The number of anilines is 1. The number of hydrogen-bond donors (Lipinski definition) is 0. The highest BCUT2D eigenvalue weighted by Gasteiger charge is 2.23. The molecule has 194 valence electrons. The molecule has 5 rings (SSSR count). The van der Waals surface area contributed by atoms with Crippen LogP contribution in [0.3, 0.4) is 0 Å². The van der Waals surface area contributed by atoms with Crippen molar-refractivity contribution in [1.29, 1.82) is 0 Å². The molecule has 8 heteroatoms. The van der Waals surface area contributed by atoms with Crippen LogP contribution in [0.4, 0.5) is 5.69 Å². The summed E-state index contributed by atoms with van der Waals surface area (Å²) in [5.41, 5.74) is 4.61. The Morgan fingerprint density at radius 3 is 2.49 bits per heavy atom. The first-order chi connectivity index (χ1) is 17.8. The number of piperazine rings is 1. The standard InChI is InChI=1S/C29H36N6O2/c1-20(2)14-15-34-28(37)23-9-5-6-10-25(23)35-26(30-31-29(34)35)12-13-27(36)33-18-16-32(17-19-33)24-11-7-8-21(3)22(24)4/h5-11,20H,12-19H2,1-4H3. The van der Waals surface area contributed by atoms with Gasteiger partial charge in [-0.15, -0.1) is 10.2 Å². The van der Waals surface area contributed by atoms with Gasteiger partial charge in [0.15, 0.2) is 0 Å². The van der Waals surface area contributed by atoms with Crippen molar-refractivity contribution >= 4 is 28.3 Å². The lowest BCUT2D eigenvalue weighted by molar-refractivity contribution is -0.131. The van der Waals surface area contributed by atoms with Gasteiger partial charge >= 0.3 is 0 Å². The quantitative estimate of drug-likeness (QED) is 0.384. The molecule has 1 amide bonds. The van der Waals surface area contributed by atoms with Gasteiger partial charge in [-0.25, -0.2) is 0 Å². The SMILES string of the molecule is Cc1cccc(N2CCN(C(=O)CCc3nnc4n(CCC(C)C)c(=O)c5ccccc5n34)CC2)c1C. The number of benzene rings is 2. The Labute approximate surface area is 217 Å². The zero-order valence-electron chi connectivity index (χ0n) is 22.3. The molecule has 0 atom stereocenters. The zero-order chi connectivity index (χ0) is 26.1. The average Bonchev–Trinajstić information content (AvgIpc) is 3.33. The Hall–Kier alpha value is -3.68. The molecule has 8 nitrogen and oxygen atoms in total. The number of aryl methyl sites for hydroxylation is 3. The smallest absolute Gasteiger partial charge is 0.262 e. The first-order valence-corrected chi connectivity index (χ1v) is 13.3. The fourth-order valence-electron chi connectivity index (χ4n) is 5.22. The molecule has 0 bridgehead atoms. The summed E-state index contributed by atoms with van der Waals surface area (Å²) >= 11 is 0. The Kier molecular flexibility index (Phi) is 7.00.